The molecule has 34 heavy (non-hydrogen) atoms. The second kappa shape index (κ2) is 8.50. The summed E-state index contributed by atoms with van der Waals surface area (Å²) < 4.78 is 25.6. The number of ether oxygens (including phenoxy) is 2. The van der Waals surface area contributed by atoms with Gasteiger partial charge >= 0.3 is 6.09 Å². The molecule has 4 N–H and O–H groups in total. The minimum Gasteiger partial charge on any atom is -0.475 e. The second-order valence-electron chi connectivity index (χ2n) is 8.08. The molecule has 174 valence electrons. The highest BCUT2D eigenvalue weighted by Crippen LogP contribution is 2.37. The van der Waals surface area contributed by atoms with Crippen LogP contribution in [0.1, 0.15) is 18.9 Å². The van der Waals surface area contributed by atoms with Gasteiger partial charge in [-0.3, -0.25) is 4.79 Å². The van der Waals surface area contributed by atoms with Gasteiger partial charge in [0.1, 0.15) is 5.75 Å². The molecular formula is C23H21FN6O4. The number of alkyl carbamates (subject to hydrolysis) is 1. The fourth-order valence-corrected chi connectivity index (χ4v) is 3.61. The Kier molecular flexibility index (Phi) is 5.36. The van der Waals surface area contributed by atoms with Crippen molar-refractivity contribution in [3.8, 4) is 5.75 Å². The standard InChI is InChI=1S/C23H21FN6O4/c1-23-7-8-33-22(32)26-11-13-3-2-4-14(9-13)28-21-25-12-16(24)19(30-21)27-15-5-6-18(34-23)17(10-15)29-20(23)31/h2-6,9-10,12H,7-8,11H2,1H3,(H,26,32)(H,29,31)(H2,25,27,28,30). The molecule has 0 fully saturated rings. The molecule has 3 aromatic rings. The highest BCUT2D eigenvalue weighted by atomic mass is 19.1. The van der Waals surface area contributed by atoms with Gasteiger partial charge in [-0.1, -0.05) is 12.1 Å². The molecule has 1 unspecified atom stereocenters. The van der Waals surface area contributed by atoms with E-state index in [0.29, 0.717) is 22.8 Å². The number of fused-ring (bicyclic) bond motifs is 2. The molecule has 1 aromatic heterocycles. The van der Waals surface area contributed by atoms with Crippen molar-refractivity contribution < 1.29 is 23.5 Å². The summed E-state index contributed by atoms with van der Waals surface area (Å²) in [5.41, 5.74) is 1.15. The highest BCUT2D eigenvalue weighted by molar-refractivity contribution is 6.01. The van der Waals surface area contributed by atoms with Crippen LogP contribution in [0.4, 0.5) is 38.0 Å². The molecule has 7 rings (SSSR count). The van der Waals surface area contributed by atoms with Gasteiger partial charge in [0.15, 0.2) is 17.2 Å². The first-order valence-corrected chi connectivity index (χ1v) is 10.6. The third kappa shape index (κ3) is 4.40. The zero-order valence-electron chi connectivity index (χ0n) is 18.1. The lowest BCUT2D eigenvalue weighted by Gasteiger charge is -2.34. The van der Waals surface area contributed by atoms with Crippen molar-refractivity contribution in [2.45, 2.75) is 25.5 Å². The smallest absolute Gasteiger partial charge is 0.407 e. The van der Waals surface area contributed by atoms with Gasteiger partial charge in [0.2, 0.25) is 5.95 Å². The van der Waals surface area contributed by atoms with Crippen LogP contribution >= 0.6 is 0 Å². The van der Waals surface area contributed by atoms with Gasteiger partial charge in [0.25, 0.3) is 5.91 Å². The van der Waals surface area contributed by atoms with Gasteiger partial charge in [-0.05, 0) is 42.8 Å². The van der Waals surface area contributed by atoms with E-state index in [1.165, 1.54) is 0 Å². The maximum absolute atomic E-state index is 14.4. The zero-order chi connectivity index (χ0) is 23.7. The number of hydrogen-bond acceptors (Lipinski definition) is 8. The first-order valence-electron chi connectivity index (χ1n) is 10.6. The number of anilines is 5. The molecule has 4 aliphatic heterocycles. The van der Waals surface area contributed by atoms with Crippen molar-refractivity contribution in [3.63, 3.8) is 0 Å². The van der Waals surface area contributed by atoms with Crippen molar-refractivity contribution in [3.05, 3.63) is 60.0 Å². The Morgan fingerprint density at radius 2 is 1.91 bits per heavy atom. The Morgan fingerprint density at radius 3 is 2.79 bits per heavy atom. The Balaban J connectivity index is 1.50. The summed E-state index contributed by atoms with van der Waals surface area (Å²) in [4.78, 5) is 33.1. The summed E-state index contributed by atoms with van der Waals surface area (Å²) in [5.74, 6) is -0.453. The minimum absolute atomic E-state index is 0.0163. The number of carbonyl (C=O) groups excluding carboxylic acids is 2. The number of amides is 2. The van der Waals surface area contributed by atoms with Gasteiger partial charge in [-0.25, -0.2) is 14.2 Å². The van der Waals surface area contributed by atoms with E-state index < -0.39 is 17.5 Å². The van der Waals surface area contributed by atoms with E-state index in [9.17, 15) is 14.0 Å². The number of aromatic nitrogens is 2. The average molecular weight is 464 g/mol. The third-order valence-corrected chi connectivity index (χ3v) is 5.48. The molecule has 0 saturated carbocycles. The lowest BCUT2D eigenvalue weighted by atomic mass is 9.99. The molecule has 1 atom stereocenters. The van der Waals surface area contributed by atoms with Crippen molar-refractivity contribution >= 4 is 40.8 Å². The summed E-state index contributed by atoms with van der Waals surface area (Å²) >= 11 is 0. The molecule has 4 aliphatic rings. The summed E-state index contributed by atoms with van der Waals surface area (Å²) in [6.07, 6.45) is 0.593. The Morgan fingerprint density at radius 1 is 1.06 bits per heavy atom. The van der Waals surface area contributed by atoms with Crippen LogP contribution in [0, 0.1) is 5.82 Å². The summed E-state index contributed by atoms with van der Waals surface area (Å²) in [5, 5.41) is 11.4. The van der Waals surface area contributed by atoms with Gasteiger partial charge in [0.05, 0.1) is 18.5 Å². The fourth-order valence-electron chi connectivity index (χ4n) is 3.61. The van der Waals surface area contributed by atoms with Crippen molar-refractivity contribution in [2.75, 3.05) is 22.6 Å². The van der Waals surface area contributed by atoms with Crippen molar-refractivity contribution in [1.29, 1.82) is 0 Å². The van der Waals surface area contributed by atoms with Crippen LogP contribution in [-0.2, 0) is 16.1 Å². The van der Waals surface area contributed by atoms with Crippen LogP contribution in [0.3, 0.4) is 0 Å². The van der Waals surface area contributed by atoms with Gasteiger partial charge in [0, 0.05) is 24.3 Å². The van der Waals surface area contributed by atoms with Crippen molar-refractivity contribution in [2.24, 2.45) is 0 Å². The monoisotopic (exact) mass is 464 g/mol. The van der Waals surface area contributed by atoms with Gasteiger partial charge in [-0.15, -0.1) is 0 Å². The first kappa shape index (κ1) is 21.4. The molecule has 0 aliphatic carbocycles. The van der Waals surface area contributed by atoms with Gasteiger partial charge in [-0.2, -0.15) is 4.98 Å². The molecule has 11 heteroatoms. The minimum atomic E-state index is -1.23. The fraction of sp³-hybridized carbons (Fsp3) is 0.217. The molecule has 0 spiro atoms. The number of halogens is 1. The number of hydrogen-bond donors (Lipinski definition) is 4. The SMILES string of the molecule is CC12CCOC(=O)NCc3cccc(c3)Nc3ncc(F)c(n3)Nc3ccc(c(c3)NC1=O)O2. The van der Waals surface area contributed by atoms with E-state index in [4.69, 9.17) is 9.47 Å². The predicted octanol–water partition coefficient (Wildman–Crippen LogP) is 3.82. The molecule has 2 amide bonds. The van der Waals surface area contributed by atoms with Gasteiger partial charge < -0.3 is 30.7 Å². The number of carbonyl (C=O) groups is 2. The summed E-state index contributed by atoms with van der Waals surface area (Å²) in [6.45, 7) is 1.83. The van der Waals surface area contributed by atoms with Crippen LogP contribution in [-0.4, -0.2) is 34.2 Å². The van der Waals surface area contributed by atoms with E-state index in [0.717, 1.165) is 11.8 Å². The van der Waals surface area contributed by atoms with E-state index in [-0.39, 0.29) is 37.2 Å². The average Bonchev–Trinajstić information content (AvgIpc) is 2.81. The molecule has 5 heterocycles. The number of benzene rings is 2. The predicted molar refractivity (Wildman–Crippen MR) is 122 cm³/mol. The van der Waals surface area contributed by atoms with Crippen LogP contribution in [0.5, 0.6) is 5.75 Å². The maximum atomic E-state index is 14.4. The van der Waals surface area contributed by atoms with E-state index >= 15 is 0 Å². The maximum Gasteiger partial charge on any atom is 0.407 e. The zero-order valence-corrected chi connectivity index (χ0v) is 18.1. The number of rotatable bonds is 0. The van der Waals surface area contributed by atoms with E-state index in [1.807, 2.05) is 6.07 Å². The normalized spacial score (nSPS) is 19.6. The van der Waals surface area contributed by atoms with E-state index in [1.54, 1.807) is 43.3 Å². The lowest BCUT2D eigenvalue weighted by molar-refractivity contribution is -0.132. The Bertz CT molecular complexity index is 1290. The summed E-state index contributed by atoms with van der Waals surface area (Å²) in [6, 6.07) is 12.2. The van der Waals surface area contributed by atoms with Crippen molar-refractivity contribution in [1.82, 2.24) is 15.3 Å². The topological polar surface area (TPSA) is 127 Å². The van der Waals surface area contributed by atoms with Crippen LogP contribution in [0.15, 0.2) is 48.7 Å². The van der Waals surface area contributed by atoms with Crippen LogP contribution in [0.25, 0.3) is 0 Å². The molecule has 0 radical (unpaired) electrons. The third-order valence-electron chi connectivity index (χ3n) is 5.48. The largest absolute Gasteiger partial charge is 0.475 e. The second-order valence-corrected chi connectivity index (χ2v) is 8.08. The van der Waals surface area contributed by atoms with E-state index in [2.05, 4.69) is 31.2 Å². The van der Waals surface area contributed by atoms with Crippen LogP contribution in [0.2, 0.25) is 0 Å². The molecular weight excluding hydrogens is 443 g/mol. The Labute approximate surface area is 193 Å². The quantitative estimate of drug-likeness (QED) is 0.396. The Hall–Kier alpha value is -4.41. The summed E-state index contributed by atoms with van der Waals surface area (Å²) in [7, 11) is 0. The van der Waals surface area contributed by atoms with Crippen LogP contribution < -0.4 is 26.0 Å². The number of nitrogens with one attached hydrogen (secondary N) is 4. The lowest BCUT2D eigenvalue weighted by Crippen LogP contribution is -2.49. The molecule has 0 saturated heterocycles. The number of nitrogens with zero attached hydrogens (tertiary/aromatic N) is 2. The molecule has 8 bridgehead atoms. The molecule has 10 nitrogen and oxygen atoms in total. The highest BCUT2D eigenvalue weighted by Gasteiger charge is 2.40. The first-order chi connectivity index (χ1) is 16.4. The molecule has 2 aromatic carbocycles.